The van der Waals surface area contributed by atoms with Gasteiger partial charge < -0.3 is 5.11 Å². The molecule has 0 aromatic heterocycles. The molecular weight excluding hydrogens is 124 g/mol. The summed E-state index contributed by atoms with van der Waals surface area (Å²) in [7, 11) is 0. The van der Waals surface area contributed by atoms with Crippen molar-refractivity contribution in [2.24, 2.45) is 0 Å². The topological polar surface area (TPSA) is 20.2 Å². The van der Waals surface area contributed by atoms with Crippen LogP contribution < -0.4 is 0 Å². The van der Waals surface area contributed by atoms with E-state index in [1.54, 1.807) is 6.07 Å². The Morgan fingerprint density at radius 2 is 2.30 bits per heavy atom. The molecule has 0 amide bonds. The van der Waals surface area contributed by atoms with Crippen LogP contribution in [-0.2, 0) is 6.42 Å². The van der Waals surface area contributed by atoms with Crippen LogP contribution in [0.5, 0.6) is 5.75 Å². The fraction of sp³-hybridized carbons (Fsp3) is 0.333. The molecule has 1 aliphatic carbocycles. The highest BCUT2D eigenvalue weighted by Gasteiger charge is 2.23. The smallest absolute Gasteiger partial charge is 0.119 e. The van der Waals surface area contributed by atoms with Gasteiger partial charge in [-0.25, -0.2) is 0 Å². The van der Waals surface area contributed by atoms with Crippen molar-refractivity contribution in [1.82, 2.24) is 0 Å². The molecule has 0 aliphatic heterocycles. The van der Waals surface area contributed by atoms with Crippen LogP contribution >= 0.6 is 0 Å². The first-order valence-electron chi connectivity index (χ1n) is 3.60. The summed E-state index contributed by atoms with van der Waals surface area (Å²) in [6.45, 7) is 2.18. The maximum atomic E-state index is 9.27. The molecule has 0 fully saturated rings. The number of phenols is 1. The molecular formula is C9H10O. The zero-order valence-electron chi connectivity index (χ0n) is 5.96. The van der Waals surface area contributed by atoms with E-state index in [0.29, 0.717) is 11.7 Å². The molecule has 52 valence electrons. The van der Waals surface area contributed by atoms with Crippen LogP contribution in [-0.4, -0.2) is 5.11 Å². The molecule has 10 heavy (non-hydrogen) atoms. The van der Waals surface area contributed by atoms with E-state index in [2.05, 4.69) is 13.0 Å². The summed E-state index contributed by atoms with van der Waals surface area (Å²) in [5, 5.41) is 9.27. The predicted octanol–water partition coefficient (Wildman–Crippen LogP) is 2.05. The number of hydrogen-bond acceptors (Lipinski definition) is 1. The van der Waals surface area contributed by atoms with Crippen LogP contribution in [0.4, 0.5) is 0 Å². The van der Waals surface area contributed by atoms with Crippen LogP contribution in [0, 0.1) is 0 Å². The Balaban J connectivity index is 2.56. The third kappa shape index (κ3) is 0.576. The van der Waals surface area contributed by atoms with Gasteiger partial charge >= 0.3 is 0 Å². The summed E-state index contributed by atoms with van der Waals surface area (Å²) >= 11 is 0. The Hall–Kier alpha value is -0.980. The maximum Gasteiger partial charge on any atom is 0.119 e. The third-order valence-corrected chi connectivity index (χ3v) is 2.23. The van der Waals surface area contributed by atoms with E-state index in [-0.39, 0.29) is 0 Å². The molecule has 1 aliphatic rings. The van der Waals surface area contributed by atoms with Gasteiger partial charge in [-0.15, -0.1) is 0 Å². The summed E-state index contributed by atoms with van der Waals surface area (Å²) in [6.07, 6.45) is 1.04. The molecule has 1 unspecified atom stereocenters. The second kappa shape index (κ2) is 1.75. The van der Waals surface area contributed by atoms with Crippen molar-refractivity contribution in [2.45, 2.75) is 19.3 Å². The molecule has 0 bridgehead atoms. The van der Waals surface area contributed by atoms with E-state index in [4.69, 9.17) is 0 Å². The number of rotatable bonds is 0. The van der Waals surface area contributed by atoms with E-state index in [1.165, 1.54) is 5.56 Å². The zero-order chi connectivity index (χ0) is 7.14. The SMILES string of the molecule is CC1Cc2c(O)cccc21. The standard InChI is InChI=1S/C9H10O/c1-6-5-8-7(6)3-2-4-9(8)10/h2-4,6,10H,5H2,1H3. The predicted molar refractivity (Wildman–Crippen MR) is 40.2 cm³/mol. The van der Waals surface area contributed by atoms with Gasteiger partial charge in [-0.2, -0.15) is 0 Å². The highest BCUT2D eigenvalue weighted by Crippen LogP contribution is 2.39. The lowest BCUT2D eigenvalue weighted by molar-refractivity contribution is 0.454. The zero-order valence-corrected chi connectivity index (χ0v) is 5.96. The molecule has 1 N–H and O–H groups in total. The van der Waals surface area contributed by atoms with E-state index in [9.17, 15) is 5.11 Å². The lowest BCUT2D eigenvalue weighted by Crippen LogP contribution is -2.13. The minimum atomic E-state index is 0.468. The largest absolute Gasteiger partial charge is 0.508 e. The summed E-state index contributed by atoms with van der Waals surface area (Å²) in [5.74, 6) is 1.12. The number of phenolic OH excluding ortho intramolecular Hbond substituents is 1. The monoisotopic (exact) mass is 134 g/mol. The van der Waals surface area contributed by atoms with Crippen molar-refractivity contribution in [2.75, 3.05) is 0 Å². The summed E-state index contributed by atoms with van der Waals surface area (Å²) < 4.78 is 0. The van der Waals surface area contributed by atoms with Crippen LogP contribution in [0.25, 0.3) is 0 Å². The van der Waals surface area contributed by atoms with E-state index >= 15 is 0 Å². The Bertz CT molecular complexity index is 265. The van der Waals surface area contributed by atoms with Gasteiger partial charge in [0, 0.05) is 0 Å². The third-order valence-electron chi connectivity index (χ3n) is 2.23. The molecule has 1 nitrogen and oxygen atoms in total. The van der Waals surface area contributed by atoms with Gasteiger partial charge in [0.1, 0.15) is 5.75 Å². The molecule has 0 heterocycles. The van der Waals surface area contributed by atoms with Gasteiger partial charge in [0.25, 0.3) is 0 Å². The molecule has 0 spiro atoms. The second-order valence-corrected chi connectivity index (χ2v) is 2.95. The highest BCUT2D eigenvalue weighted by atomic mass is 16.3. The van der Waals surface area contributed by atoms with Gasteiger partial charge in [-0.1, -0.05) is 19.1 Å². The minimum Gasteiger partial charge on any atom is -0.508 e. The molecule has 1 heteroatoms. The van der Waals surface area contributed by atoms with E-state index < -0.39 is 0 Å². The number of benzene rings is 1. The molecule has 2 rings (SSSR count). The van der Waals surface area contributed by atoms with Crippen molar-refractivity contribution >= 4 is 0 Å². The van der Waals surface area contributed by atoms with Crippen molar-refractivity contribution < 1.29 is 5.11 Å². The summed E-state index contributed by atoms with van der Waals surface area (Å²) in [5.41, 5.74) is 2.47. The van der Waals surface area contributed by atoms with Crippen LogP contribution in [0.2, 0.25) is 0 Å². The van der Waals surface area contributed by atoms with Gasteiger partial charge in [-0.3, -0.25) is 0 Å². The molecule has 0 saturated carbocycles. The average Bonchev–Trinajstić information content (AvgIpc) is 1.91. The van der Waals surface area contributed by atoms with Crippen LogP contribution in [0.1, 0.15) is 24.0 Å². The Morgan fingerprint density at radius 3 is 2.90 bits per heavy atom. The fourth-order valence-corrected chi connectivity index (χ4v) is 1.56. The maximum absolute atomic E-state index is 9.27. The van der Waals surface area contributed by atoms with Gasteiger partial charge in [-0.05, 0) is 29.5 Å². The Labute approximate surface area is 60.3 Å². The molecule has 1 aromatic carbocycles. The molecule has 0 saturated heterocycles. The Kier molecular flexibility index (Phi) is 1.01. The molecule has 1 atom stereocenters. The minimum absolute atomic E-state index is 0.468. The second-order valence-electron chi connectivity index (χ2n) is 2.95. The highest BCUT2D eigenvalue weighted by molar-refractivity contribution is 5.48. The first kappa shape index (κ1) is 5.78. The Morgan fingerprint density at radius 1 is 1.50 bits per heavy atom. The summed E-state index contributed by atoms with van der Waals surface area (Å²) in [6, 6.07) is 5.75. The first-order valence-corrected chi connectivity index (χ1v) is 3.60. The van der Waals surface area contributed by atoms with E-state index in [1.807, 2.05) is 6.07 Å². The number of hydrogen-bond donors (Lipinski definition) is 1. The van der Waals surface area contributed by atoms with E-state index in [0.717, 1.165) is 12.0 Å². The first-order chi connectivity index (χ1) is 4.79. The normalized spacial score (nSPS) is 21.5. The van der Waals surface area contributed by atoms with Crippen LogP contribution in [0.15, 0.2) is 18.2 Å². The molecule has 0 radical (unpaired) electrons. The van der Waals surface area contributed by atoms with Crippen molar-refractivity contribution in [3.05, 3.63) is 29.3 Å². The van der Waals surface area contributed by atoms with Gasteiger partial charge in [0.15, 0.2) is 0 Å². The van der Waals surface area contributed by atoms with Crippen LogP contribution in [0.3, 0.4) is 0 Å². The van der Waals surface area contributed by atoms with Crippen molar-refractivity contribution in [3.8, 4) is 5.75 Å². The number of aromatic hydroxyl groups is 1. The summed E-state index contributed by atoms with van der Waals surface area (Å²) in [4.78, 5) is 0. The van der Waals surface area contributed by atoms with Gasteiger partial charge in [0.05, 0.1) is 0 Å². The molecule has 1 aromatic rings. The average molecular weight is 134 g/mol. The van der Waals surface area contributed by atoms with Gasteiger partial charge in [0.2, 0.25) is 0 Å². The lowest BCUT2D eigenvalue weighted by Gasteiger charge is -2.27. The quantitative estimate of drug-likeness (QED) is 0.575. The van der Waals surface area contributed by atoms with Crippen molar-refractivity contribution in [1.29, 1.82) is 0 Å². The van der Waals surface area contributed by atoms with Crippen molar-refractivity contribution in [3.63, 3.8) is 0 Å². The fourth-order valence-electron chi connectivity index (χ4n) is 1.56. The number of fused-ring (bicyclic) bond motifs is 1. The lowest BCUT2D eigenvalue weighted by atomic mass is 9.78.